The van der Waals surface area contributed by atoms with Crippen molar-refractivity contribution in [3.8, 4) is 0 Å². The molecule has 0 fully saturated rings. The average molecular weight is 308 g/mol. The lowest BCUT2D eigenvalue weighted by Gasteiger charge is -2.07. The molecule has 7 nitrogen and oxygen atoms in total. The molecule has 106 valence electrons. The fraction of sp³-hybridized carbons (Fsp3) is 0.222. The quantitative estimate of drug-likeness (QED) is 0.639. The summed E-state index contributed by atoms with van der Waals surface area (Å²) in [6, 6.07) is 1.61. The number of aromatic amines is 1. The Morgan fingerprint density at radius 2 is 2.15 bits per heavy atom. The number of H-pyrrole nitrogens is 1. The van der Waals surface area contributed by atoms with Crippen LogP contribution in [0, 0.1) is 0 Å². The second-order valence-electron chi connectivity index (χ2n) is 3.67. The van der Waals surface area contributed by atoms with E-state index in [0.29, 0.717) is 6.07 Å². The number of nitrogens with one attached hydrogen (secondary N) is 2. The molecular formula is C9H7ClF3N6O+. The van der Waals surface area contributed by atoms with Crippen LogP contribution < -0.4 is 10.00 Å². The van der Waals surface area contributed by atoms with E-state index in [4.69, 9.17) is 11.6 Å². The molecule has 2 aromatic rings. The first-order valence-corrected chi connectivity index (χ1v) is 5.49. The second-order valence-corrected chi connectivity index (χ2v) is 4.03. The minimum Gasteiger partial charge on any atom is -0.255 e. The highest BCUT2D eigenvalue weighted by molar-refractivity contribution is 6.33. The molecule has 0 atom stereocenters. The first-order chi connectivity index (χ1) is 9.29. The van der Waals surface area contributed by atoms with Gasteiger partial charge in [0, 0.05) is 0 Å². The van der Waals surface area contributed by atoms with Crippen molar-refractivity contribution in [3.05, 3.63) is 28.5 Å². The SMILES string of the molecule is C[n+]1[nH]nnc1NC(=O)c1ccc(C(F)(F)F)nc1Cl. The number of hydrogen-bond donors (Lipinski definition) is 2. The predicted octanol–water partition coefficient (Wildman–Crippen LogP) is 0.949. The van der Waals surface area contributed by atoms with Crippen molar-refractivity contribution >= 4 is 23.5 Å². The number of carbonyl (C=O) groups is 1. The number of nitrogens with zero attached hydrogens (tertiary/aromatic N) is 4. The highest BCUT2D eigenvalue weighted by atomic mass is 35.5. The van der Waals surface area contributed by atoms with Gasteiger partial charge >= 0.3 is 18.0 Å². The van der Waals surface area contributed by atoms with E-state index in [9.17, 15) is 18.0 Å². The molecule has 1 amide bonds. The third-order valence-electron chi connectivity index (χ3n) is 2.27. The summed E-state index contributed by atoms with van der Waals surface area (Å²) in [5.74, 6) is -0.674. The van der Waals surface area contributed by atoms with Gasteiger partial charge in [0.1, 0.15) is 16.1 Å². The van der Waals surface area contributed by atoms with Gasteiger partial charge in [0.05, 0.1) is 17.7 Å². The largest absolute Gasteiger partial charge is 0.433 e. The molecule has 11 heteroatoms. The van der Waals surface area contributed by atoms with Crippen molar-refractivity contribution in [3.63, 3.8) is 0 Å². The van der Waals surface area contributed by atoms with Crippen LogP contribution in [-0.4, -0.2) is 26.4 Å². The summed E-state index contributed by atoms with van der Waals surface area (Å²) in [6.07, 6.45) is -4.63. The smallest absolute Gasteiger partial charge is 0.255 e. The topological polar surface area (TPSA) is 87.4 Å². The Kier molecular flexibility index (Phi) is 3.57. The van der Waals surface area contributed by atoms with Crippen molar-refractivity contribution in [2.24, 2.45) is 7.05 Å². The summed E-state index contributed by atoms with van der Waals surface area (Å²) in [6.45, 7) is 0. The van der Waals surface area contributed by atoms with Crippen molar-refractivity contribution in [1.29, 1.82) is 0 Å². The van der Waals surface area contributed by atoms with Crippen LogP contribution in [0.5, 0.6) is 0 Å². The lowest BCUT2D eigenvalue weighted by molar-refractivity contribution is -0.717. The van der Waals surface area contributed by atoms with Crippen LogP contribution >= 0.6 is 11.6 Å². The third kappa shape index (κ3) is 2.85. The van der Waals surface area contributed by atoms with Gasteiger partial charge in [-0.05, 0) is 12.1 Å². The number of rotatable bonds is 2. The van der Waals surface area contributed by atoms with Crippen molar-refractivity contribution < 1.29 is 22.6 Å². The number of carbonyl (C=O) groups excluding carboxylic acids is 1. The van der Waals surface area contributed by atoms with Gasteiger partial charge in [0.2, 0.25) is 0 Å². The molecule has 0 aliphatic rings. The van der Waals surface area contributed by atoms with Crippen LogP contribution in [0.15, 0.2) is 12.1 Å². The van der Waals surface area contributed by atoms with Gasteiger partial charge in [0.15, 0.2) is 0 Å². The molecule has 0 aliphatic carbocycles. The van der Waals surface area contributed by atoms with E-state index in [0.717, 1.165) is 6.07 Å². The Morgan fingerprint density at radius 1 is 1.45 bits per heavy atom. The van der Waals surface area contributed by atoms with Crippen LogP contribution in [0.3, 0.4) is 0 Å². The lowest BCUT2D eigenvalue weighted by atomic mass is 10.2. The van der Waals surface area contributed by atoms with E-state index in [1.807, 2.05) is 0 Å². The first kappa shape index (κ1) is 14.2. The van der Waals surface area contributed by atoms with E-state index in [1.54, 1.807) is 0 Å². The molecule has 0 saturated carbocycles. The number of tetrazole rings is 1. The van der Waals surface area contributed by atoms with Gasteiger partial charge in [-0.3, -0.25) is 4.79 Å². The Labute approximate surface area is 114 Å². The summed E-state index contributed by atoms with van der Waals surface area (Å²) in [5, 5.41) is 11.1. The van der Waals surface area contributed by atoms with E-state index in [2.05, 4.69) is 25.8 Å². The van der Waals surface area contributed by atoms with E-state index < -0.39 is 22.9 Å². The van der Waals surface area contributed by atoms with Crippen LogP contribution in [0.2, 0.25) is 5.15 Å². The highest BCUT2D eigenvalue weighted by Crippen LogP contribution is 2.29. The van der Waals surface area contributed by atoms with Crippen LogP contribution in [0.1, 0.15) is 16.1 Å². The van der Waals surface area contributed by atoms with Gasteiger partial charge < -0.3 is 0 Å². The number of halogens is 4. The molecule has 0 unspecified atom stereocenters. The summed E-state index contributed by atoms with van der Waals surface area (Å²) in [5.41, 5.74) is -1.38. The van der Waals surface area contributed by atoms with Gasteiger partial charge in [-0.15, -0.1) is 5.21 Å². The van der Waals surface area contributed by atoms with E-state index in [1.165, 1.54) is 11.7 Å². The van der Waals surface area contributed by atoms with Gasteiger partial charge in [0.25, 0.3) is 0 Å². The minimum atomic E-state index is -4.63. The Bertz CT molecular complexity index is 655. The van der Waals surface area contributed by atoms with Crippen molar-refractivity contribution in [2.45, 2.75) is 6.18 Å². The standard InChI is InChI=1S/C9H6ClF3N6O/c1-19-8(16-17-18-19)15-7(20)4-2-3-5(9(11,12)13)14-6(4)10/h2-3H,1H3,(H,15,16,18,20)/p+1. The van der Waals surface area contributed by atoms with Gasteiger partial charge in [-0.1, -0.05) is 11.6 Å². The van der Waals surface area contributed by atoms with Crippen LogP contribution in [0.4, 0.5) is 19.1 Å². The lowest BCUT2D eigenvalue weighted by Crippen LogP contribution is -2.35. The maximum atomic E-state index is 12.4. The molecule has 2 aromatic heterocycles. The maximum Gasteiger partial charge on any atom is 0.433 e. The molecule has 2 N–H and O–H groups in total. The first-order valence-electron chi connectivity index (χ1n) is 5.11. The number of pyridine rings is 1. The Balaban J connectivity index is 2.25. The number of aryl methyl sites for hydroxylation is 1. The summed E-state index contributed by atoms with van der Waals surface area (Å²) in [4.78, 5) is 15.0. The summed E-state index contributed by atoms with van der Waals surface area (Å²) >= 11 is 5.59. The molecule has 2 rings (SSSR count). The normalized spacial score (nSPS) is 11.4. The fourth-order valence-electron chi connectivity index (χ4n) is 1.29. The minimum absolute atomic E-state index is 0.0750. The van der Waals surface area contributed by atoms with Gasteiger partial charge in [-0.25, -0.2) is 10.3 Å². The molecule has 0 bridgehead atoms. The number of aromatic nitrogens is 5. The molecule has 20 heavy (non-hydrogen) atoms. The zero-order valence-electron chi connectivity index (χ0n) is 9.86. The summed E-state index contributed by atoms with van der Waals surface area (Å²) < 4.78 is 38.5. The zero-order chi connectivity index (χ0) is 14.9. The molecular weight excluding hydrogens is 301 g/mol. The second kappa shape index (κ2) is 5.04. The van der Waals surface area contributed by atoms with E-state index >= 15 is 0 Å². The molecule has 2 heterocycles. The van der Waals surface area contributed by atoms with Crippen LogP contribution in [-0.2, 0) is 13.2 Å². The third-order valence-corrected chi connectivity index (χ3v) is 2.55. The number of hydrogen-bond acceptors (Lipinski definition) is 4. The number of alkyl halides is 3. The van der Waals surface area contributed by atoms with E-state index in [-0.39, 0.29) is 11.5 Å². The fourth-order valence-corrected chi connectivity index (χ4v) is 1.53. The predicted molar refractivity (Wildman–Crippen MR) is 59.8 cm³/mol. The van der Waals surface area contributed by atoms with Crippen molar-refractivity contribution in [2.75, 3.05) is 5.32 Å². The molecule has 0 spiro atoms. The maximum absolute atomic E-state index is 12.4. The average Bonchev–Trinajstić information content (AvgIpc) is 2.73. The Hall–Kier alpha value is -2.23. The van der Waals surface area contributed by atoms with Crippen molar-refractivity contribution in [1.82, 2.24) is 20.5 Å². The molecule has 0 radical (unpaired) electrons. The molecule has 0 aliphatic heterocycles. The summed E-state index contributed by atoms with van der Waals surface area (Å²) in [7, 11) is 1.53. The monoisotopic (exact) mass is 307 g/mol. The zero-order valence-corrected chi connectivity index (χ0v) is 10.6. The van der Waals surface area contributed by atoms with Gasteiger partial charge in [-0.2, -0.15) is 17.9 Å². The Morgan fingerprint density at radius 3 is 2.65 bits per heavy atom. The highest BCUT2D eigenvalue weighted by Gasteiger charge is 2.33. The van der Waals surface area contributed by atoms with Crippen LogP contribution in [0.25, 0.3) is 0 Å². The number of anilines is 1. The number of amides is 1. The molecule has 0 aromatic carbocycles. The molecule has 0 saturated heterocycles.